The van der Waals surface area contributed by atoms with E-state index in [9.17, 15) is 9.59 Å². The Morgan fingerprint density at radius 1 is 1.21 bits per heavy atom. The van der Waals surface area contributed by atoms with Crippen molar-refractivity contribution in [1.82, 2.24) is 0 Å². The van der Waals surface area contributed by atoms with Crippen LogP contribution in [-0.2, 0) is 9.47 Å². The lowest BCUT2D eigenvalue weighted by atomic mass is 10.2. The summed E-state index contributed by atoms with van der Waals surface area (Å²) >= 11 is 0. The van der Waals surface area contributed by atoms with Gasteiger partial charge in [0.15, 0.2) is 0 Å². The van der Waals surface area contributed by atoms with Crippen molar-refractivity contribution in [2.45, 2.75) is 20.0 Å². The maximum atomic E-state index is 11.6. The van der Waals surface area contributed by atoms with E-state index in [0.717, 1.165) is 0 Å². The molecule has 6 nitrogen and oxygen atoms in total. The van der Waals surface area contributed by atoms with E-state index in [1.807, 2.05) is 13.8 Å². The number of carbonyl (C=O) groups excluding carboxylic acids is 2. The number of urea groups is 1. The van der Waals surface area contributed by atoms with E-state index in [2.05, 4.69) is 5.32 Å². The molecule has 0 spiro atoms. The first-order chi connectivity index (χ1) is 8.99. The van der Waals surface area contributed by atoms with Crippen LogP contribution in [-0.4, -0.2) is 31.3 Å². The lowest BCUT2D eigenvalue weighted by molar-refractivity contribution is 0.0177. The number of carbonyl (C=O) groups is 2. The SMILES string of the molecule is CC(C)OCCOC(=O)c1ccc(NC(N)=O)cc1. The van der Waals surface area contributed by atoms with Gasteiger partial charge in [0.2, 0.25) is 0 Å². The van der Waals surface area contributed by atoms with E-state index in [1.165, 1.54) is 0 Å². The minimum Gasteiger partial charge on any atom is -0.460 e. The molecule has 0 fully saturated rings. The normalized spacial score (nSPS) is 10.3. The number of nitrogens with one attached hydrogen (secondary N) is 1. The van der Waals surface area contributed by atoms with Crippen LogP contribution >= 0.6 is 0 Å². The van der Waals surface area contributed by atoms with Gasteiger partial charge < -0.3 is 20.5 Å². The molecule has 0 aliphatic rings. The van der Waals surface area contributed by atoms with Gasteiger partial charge in [-0.25, -0.2) is 9.59 Å². The lowest BCUT2D eigenvalue weighted by Crippen LogP contribution is -2.19. The molecule has 0 saturated heterocycles. The van der Waals surface area contributed by atoms with Crippen LogP contribution in [0, 0.1) is 0 Å². The molecule has 0 heterocycles. The van der Waals surface area contributed by atoms with E-state index < -0.39 is 12.0 Å². The predicted octanol–water partition coefficient (Wildman–Crippen LogP) is 1.76. The molecule has 1 rings (SSSR count). The summed E-state index contributed by atoms with van der Waals surface area (Å²) in [5.74, 6) is -0.432. The maximum Gasteiger partial charge on any atom is 0.338 e. The van der Waals surface area contributed by atoms with Crippen molar-refractivity contribution in [2.24, 2.45) is 5.73 Å². The van der Waals surface area contributed by atoms with E-state index >= 15 is 0 Å². The number of esters is 1. The average Bonchev–Trinajstić information content (AvgIpc) is 2.34. The molecule has 104 valence electrons. The lowest BCUT2D eigenvalue weighted by Gasteiger charge is -2.08. The second-order valence-corrected chi connectivity index (χ2v) is 4.12. The minimum atomic E-state index is -0.652. The van der Waals surface area contributed by atoms with E-state index in [1.54, 1.807) is 24.3 Å². The van der Waals surface area contributed by atoms with E-state index in [4.69, 9.17) is 15.2 Å². The van der Waals surface area contributed by atoms with Crippen molar-refractivity contribution < 1.29 is 19.1 Å². The van der Waals surface area contributed by atoms with Gasteiger partial charge in [0.05, 0.1) is 18.3 Å². The molecule has 19 heavy (non-hydrogen) atoms. The number of ether oxygens (including phenoxy) is 2. The van der Waals surface area contributed by atoms with Gasteiger partial charge >= 0.3 is 12.0 Å². The first-order valence-electron chi connectivity index (χ1n) is 5.94. The number of amides is 2. The number of hydrogen-bond donors (Lipinski definition) is 2. The zero-order valence-electron chi connectivity index (χ0n) is 11.0. The average molecular weight is 266 g/mol. The highest BCUT2D eigenvalue weighted by atomic mass is 16.6. The Balaban J connectivity index is 2.42. The van der Waals surface area contributed by atoms with Gasteiger partial charge in [-0.15, -0.1) is 0 Å². The van der Waals surface area contributed by atoms with Crippen molar-refractivity contribution in [3.05, 3.63) is 29.8 Å². The predicted molar refractivity (Wildman–Crippen MR) is 71.0 cm³/mol. The summed E-state index contributed by atoms with van der Waals surface area (Å²) in [5, 5.41) is 2.40. The Morgan fingerprint density at radius 2 is 1.84 bits per heavy atom. The Labute approximate surface area is 111 Å². The number of rotatable bonds is 6. The molecule has 0 atom stereocenters. The number of hydrogen-bond acceptors (Lipinski definition) is 4. The molecule has 2 amide bonds. The van der Waals surface area contributed by atoms with Gasteiger partial charge in [-0.2, -0.15) is 0 Å². The Kier molecular flexibility index (Phi) is 5.81. The van der Waals surface area contributed by atoms with Crippen LogP contribution in [0.4, 0.5) is 10.5 Å². The van der Waals surface area contributed by atoms with Gasteiger partial charge in [-0.3, -0.25) is 0 Å². The fourth-order valence-electron chi connectivity index (χ4n) is 1.33. The molecule has 0 aromatic heterocycles. The molecule has 0 aliphatic carbocycles. The summed E-state index contributed by atoms with van der Waals surface area (Å²) in [6.07, 6.45) is 0.109. The second kappa shape index (κ2) is 7.38. The van der Waals surface area contributed by atoms with Crippen LogP contribution < -0.4 is 11.1 Å². The highest BCUT2D eigenvalue weighted by molar-refractivity contribution is 5.91. The van der Waals surface area contributed by atoms with Crippen molar-refractivity contribution in [1.29, 1.82) is 0 Å². The van der Waals surface area contributed by atoms with Gasteiger partial charge in [-0.1, -0.05) is 0 Å². The topological polar surface area (TPSA) is 90.7 Å². The van der Waals surface area contributed by atoms with Crippen molar-refractivity contribution >= 4 is 17.7 Å². The van der Waals surface area contributed by atoms with Crippen LogP contribution in [0.5, 0.6) is 0 Å². The largest absolute Gasteiger partial charge is 0.460 e. The number of primary amides is 1. The molecule has 6 heteroatoms. The molecule has 0 unspecified atom stereocenters. The van der Waals surface area contributed by atoms with Crippen molar-refractivity contribution in [3.63, 3.8) is 0 Å². The molecular weight excluding hydrogens is 248 g/mol. The first kappa shape index (κ1) is 15.0. The molecule has 1 aromatic carbocycles. The molecule has 0 saturated carbocycles. The zero-order chi connectivity index (χ0) is 14.3. The monoisotopic (exact) mass is 266 g/mol. The van der Waals surface area contributed by atoms with Gasteiger partial charge in [0.25, 0.3) is 0 Å². The van der Waals surface area contributed by atoms with E-state index in [-0.39, 0.29) is 12.7 Å². The third-order valence-corrected chi connectivity index (χ3v) is 2.16. The summed E-state index contributed by atoms with van der Waals surface area (Å²) in [6, 6.07) is 5.60. The summed E-state index contributed by atoms with van der Waals surface area (Å²) in [4.78, 5) is 22.3. The highest BCUT2D eigenvalue weighted by Gasteiger charge is 2.07. The van der Waals surface area contributed by atoms with Crippen LogP contribution in [0.25, 0.3) is 0 Å². The van der Waals surface area contributed by atoms with E-state index in [0.29, 0.717) is 17.9 Å². The quantitative estimate of drug-likeness (QED) is 0.606. The van der Waals surface area contributed by atoms with Gasteiger partial charge in [0, 0.05) is 5.69 Å². The third-order valence-electron chi connectivity index (χ3n) is 2.16. The maximum absolute atomic E-state index is 11.6. The fourth-order valence-corrected chi connectivity index (χ4v) is 1.33. The molecular formula is C13H18N2O4. The summed E-state index contributed by atoms with van der Waals surface area (Å²) < 4.78 is 10.3. The Morgan fingerprint density at radius 3 is 2.37 bits per heavy atom. The van der Waals surface area contributed by atoms with Crippen molar-refractivity contribution in [3.8, 4) is 0 Å². The molecule has 0 bridgehead atoms. The summed E-state index contributed by atoms with van der Waals surface area (Å²) in [5.41, 5.74) is 5.90. The van der Waals surface area contributed by atoms with Crippen LogP contribution in [0.3, 0.4) is 0 Å². The van der Waals surface area contributed by atoms with Crippen LogP contribution in [0.2, 0.25) is 0 Å². The number of nitrogens with two attached hydrogens (primary N) is 1. The highest BCUT2D eigenvalue weighted by Crippen LogP contribution is 2.10. The second-order valence-electron chi connectivity index (χ2n) is 4.12. The molecule has 1 aromatic rings. The van der Waals surface area contributed by atoms with Gasteiger partial charge in [-0.05, 0) is 38.1 Å². The standard InChI is InChI=1S/C13H18N2O4/c1-9(2)18-7-8-19-12(16)10-3-5-11(6-4-10)15-13(14)17/h3-6,9H,7-8H2,1-2H3,(H3,14,15,17). The first-order valence-corrected chi connectivity index (χ1v) is 5.94. The van der Waals surface area contributed by atoms with Crippen LogP contribution in [0.15, 0.2) is 24.3 Å². The summed E-state index contributed by atoms with van der Waals surface area (Å²) in [7, 11) is 0. The Hall–Kier alpha value is -2.08. The van der Waals surface area contributed by atoms with Crippen molar-refractivity contribution in [2.75, 3.05) is 18.5 Å². The Bertz CT molecular complexity index is 429. The third kappa shape index (κ3) is 5.87. The smallest absolute Gasteiger partial charge is 0.338 e. The zero-order valence-corrected chi connectivity index (χ0v) is 11.0. The van der Waals surface area contributed by atoms with Gasteiger partial charge in [0.1, 0.15) is 6.61 Å². The van der Waals surface area contributed by atoms with Crippen LogP contribution in [0.1, 0.15) is 24.2 Å². The molecule has 3 N–H and O–H groups in total. The summed E-state index contributed by atoms with van der Waals surface area (Å²) in [6.45, 7) is 4.39. The number of benzene rings is 1. The number of anilines is 1. The minimum absolute atomic E-state index is 0.109. The fraction of sp³-hybridized carbons (Fsp3) is 0.385. The molecule has 0 radical (unpaired) electrons. The molecule has 0 aliphatic heterocycles.